The minimum Gasteiger partial charge on any atom is -0.478 e. The summed E-state index contributed by atoms with van der Waals surface area (Å²) in [4.78, 5) is 29.5. The standard InChI is InChI=1S/C20H24N2O4/c1-20(2,3)26-19(25)22-8-6-13(7-9-22)16-11-15-10-14(18(23)24)4-5-17(15)21-12-16/h4-5,10-13H,6-9H2,1-3H3,(H,23,24). The SMILES string of the molecule is CC(C)(C)OC(=O)N1CCC(c2cnc3ccc(C(=O)O)cc3c2)CC1. The molecule has 138 valence electrons. The molecule has 1 aromatic carbocycles. The number of likely N-dealkylation sites (tertiary alicyclic amines) is 1. The number of carbonyl (C=O) groups excluding carboxylic acids is 1. The van der Waals surface area contributed by atoms with Gasteiger partial charge in [-0.05, 0) is 69.4 Å². The highest BCUT2D eigenvalue weighted by atomic mass is 16.6. The van der Waals surface area contributed by atoms with Gasteiger partial charge >= 0.3 is 12.1 Å². The van der Waals surface area contributed by atoms with E-state index in [9.17, 15) is 9.59 Å². The van der Waals surface area contributed by atoms with Crippen molar-refractivity contribution < 1.29 is 19.4 Å². The molecule has 0 saturated carbocycles. The van der Waals surface area contributed by atoms with Crippen LogP contribution in [0.5, 0.6) is 0 Å². The Kier molecular flexibility index (Phi) is 4.85. The highest BCUT2D eigenvalue weighted by molar-refractivity contribution is 5.93. The molecular weight excluding hydrogens is 332 g/mol. The van der Waals surface area contributed by atoms with E-state index in [-0.39, 0.29) is 11.7 Å². The van der Waals surface area contributed by atoms with E-state index in [0.717, 1.165) is 29.3 Å². The molecule has 6 heteroatoms. The van der Waals surface area contributed by atoms with Gasteiger partial charge in [-0.2, -0.15) is 0 Å². The van der Waals surface area contributed by atoms with Crippen molar-refractivity contribution in [2.75, 3.05) is 13.1 Å². The third kappa shape index (κ3) is 4.12. The molecule has 1 aliphatic heterocycles. The first-order chi connectivity index (χ1) is 12.2. The summed E-state index contributed by atoms with van der Waals surface area (Å²) in [7, 11) is 0. The summed E-state index contributed by atoms with van der Waals surface area (Å²) in [5.74, 6) is -0.637. The number of benzene rings is 1. The van der Waals surface area contributed by atoms with Crippen LogP contribution in [-0.4, -0.2) is 45.7 Å². The molecule has 0 unspecified atom stereocenters. The molecule has 26 heavy (non-hydrogen) atoms. The lowest BCUT2D eigenvalue weighted by atomic mass is 9.90. The van der Waals surface area contributed by atoms with Gasteiger partial charge in [0.25, 0.3) is 0 Å². The molecule has 0 aliphatic carbocycles. The number of fused-ring (bicyclic) bond motifs is 1. The predicted molar refractivity (Wildman–Crippen MR) is 98.5 cm³/mol. The third-order valence-electron chi connectivity index (χ3n) is 4.57. The number of carboxylic acid groups (broad SMARTS) is 1. The maximum absolute atomic E-state index is 12.2. The van der Waals surface area contributed by atoms with E-state index in [0.29, 0.717) is 19.0 Å². The van der Waals surface area contributed by atoms with E-state index in [1.54, 1.807) is 23.1 Å². The number of aromatic carboxylic acids is 1. The van der Waals surface area contributed by atoms with E-state index in [2.05, 4.69) is 4.98 Å². The van der Waals surface area contributed by atoms with E-state index in [1.165, 1.54) is 0 Å². The van der Waals surface area contributed by atoms with Gasteiger partial charge in [0, 0.05) is 24.7 Å². The Morgan fingerprint density at radius 2 is 1.88 bits per heavy atom. The van der Waals surface area contributed by atoms with Crippen molar-refractivity contribution in [3.05, 3.63) is 41.6 Å². The number of hydrogen-bond acceptors (Lipinski definition) is 4. The maximum Gasteiger partial charge on any atom is 0.410 e. The summed E-state index contributed by atoms with van der Waals surface area (Å²) in [5, 5.41) is 9.98. The summed E-state index contributed by atoms with van der Waals surface area (Å²) in [5.41, 5.74) is 1.64. The summed E-state index contributed by atoms with van der Waals surface area (Å²) in [6.45, 7) is 6.89. The Bertz CT molecular complexity index is 833. The van der Waals surface area contributed by atoms with Crippen LogP contribution in [0.25, 0.3) is 10.9 Å². The topological polar surface area (TPSA) is 79.7 Å². The first-order valence-corrected chi connectivity index (χ1v) is 8.84. The van der Waals surface area contributed by atoms with Crippen LogP contribution in [0, 0.1) is 0 Å². The molecule has 3 rings (SSSR count). The zero-order chi connectivity index (χ0) is 18.9. The van der Waals surface area contributed by atoms with Gasteiger partial charge < -0.3 is 14.7 Å². The molecule has 1 fully saturated rings. The smallest absolute Gasteiger partial charge is 0.410 e. The predicted octanol–water partition coefficient (Wildman–Crippen LogP) is 4.05. The number of carboxylic acids is 1. The van der Waals surface area contributed by atoms with Crippen molar-refractivity contribution in [2.45, 2.75) is 45.1 Å². The molecule has 0 spiro atoms. The van der Waals surface area contributed by atoms with Crippen LogP contribution in [-0.2, 0) is 4.74 Å². The van der Waals surface area contributed by atoms with Crippen molar-refractivity contribution >= 4 is 23.0 Å². The molecule has 0 bridgehead atoms. The Hall–Kier alpha value is -2.63. The van der Waals surface area contributed by atoms with Gasteiger partial charge in [0.1, 0.15) is 5.60 Å². The second-order valence-corrected chi connectivity index (χ2v) is 7.72. The summed E-state index contributed by atoms with van der Waals surface area (Å²) in [6.07, 6.45) is 3.27. The lowest BCUT2D eigenvalue weighted by Gasteiger charge is -2.33. The lowest BCUT2D eigenvalue weighted by molar-refractivity contribution is 0.0204. The Labute approximate surface area is 152 Å². The number of nitrogens with zero attached hydrogens (tertiary/aromatic N) is 2. The molecule has 2 heterocycles. The normalized spacial score (nSPS) is 15.9. The van der Waals surface area contributed by atoms with Crippen molar-refractivity contribution in [2.24, 2.45) is 0 Å². The average molecular weight is 356 g/mol. The molecular formula is C20H24N2O4. The third-order valence-corrected chi connectivity index (χ3v) is 4.57. The van der Waals surface area contributed by atoms with Crippen LogP contribution in [0.1, 0.15) is 55.5 Å². The van der Waals surface area contributed by atoms with E-state index in [4.69, 9.17) is 9.84 Å². The molecule has 1 saturated heterocycles. The largest absolute Gasteiger partial charge is 0.478 e. The molecule has 2 aromatic rings. The van der Waals surface area contributed by atoms with Crippen molar-refractivity contribution in [1.82, 2.24) is 9.88 Å². The zero-order valence-electron chi connectivity index (χ0n) is 15.4. The highest BCUT2D eigenvalue weighted by Gasteiger charge is 2.27. The highest BCUT2D eigenvalue weighted by Crippen LogP contribution is 2.30. The van der Waals surface area contributed by atoms with Crippen molar-refractivity contribution in [3.63, 3.8) is 0 Å². The Morgan fingerprint density at radius 1 is 1.19 bits per heavy atom. The van der Waals surface area contributed by atoms with Crippen LogP contribution in [0.2, 0.25) is 0 Å². The Morgan fingerprint density at radius 3 is 2.50 bits per heavy atom. The summed E-state index contributed by atoms with van der Waals surface area (Å²) >= 11 is 0. The molecule has 1 amide bonds. The maximum atomic E-state index is 12.2. The van der Waals surface area contributed by atoms with Crippen LogP contribution < -0.4 is 0 Å². The first kappa shape index (κ1) is 18.2. The van der Waals surface area contributed by atoms with Gasteiger partial charge in [-0.1, -0.05) is 0 Å². The van der Waals surface area contributed by atoms with Crippen LogP contribution in [0.3, 0.4) is 0 Å². The van der Waals surface area contributed by atoms with Gasteiger partial charge in [0.2, 0.25) is 0 Å². The second kappa shape index (κ2) is 6.94. The van der Waals surface area contributed by atoms with Gasteiger partial charge in [-0.25, -0.2) is 9.59 Å². The monoisotopic (exact) mass is 356 g/mol. The van der Waals surface area contributed by atoms with Gasteiger partial charge in [0.15, 0.2) is 0 Å². The molecule has 0 radical (unpaired) electrons. The van der Waals surface area contributed by atoms with Gasteiger partial charge in [0.05, 0.1) is 11.1 Å². The molecule has 0 atom stereocenters. The number of ether oxygens (including phenoxy) is 1. The summed E-state index contributed by atoms with van der Waals surface area (Å²) in [6, 6.07) is 6.97. The number of hydrogen-bond donors (Lipinski definition) is 1. The molecule has 1 aromatic heterocycles. The fourth-order valence-corrected chi connectivity index (χ4v) is 3.23. The molecule has 1 aliphatic rings. The van der Waals surface area contributed by atoms with Crippen LogP contribution >= 0.6 is 0 Å². The van der Waals surface area contributed by atoms with Gasteiger partial charge in [-0.15, -0.1) is 0 Å². The van der Waals surface area contributed by atoms with Gasteiger partial charge in [-0.3, -0.25) is 4.98 Å². The number of aromatic nitrogens is 1. The number of pyridine rings is 1. The van der Waals surface area contributed by atoms with Crippen molar-refractivity contribution in [1.29, 1.82) is 0 Å². The quantitative estimate of drug-likeness (QED) is 0.878. The molecule has 1 N–H and O–H groups in total. The minimum atomic E-state index is -0.942. The number of carbonyl (C=O) groups is 2. The average Bonchev–Trinajstić information content (AvgIpc) is 2.59. The van der Waals surface area contributed by atoms with Crippen LogP contribution in [0.15, 0.2) is 30.5 Å². The molecule has 6 nitrogen and oxygen atoms in total. The van der Waals surface area contributed by atoms with Crippen LogP contribution in [0.4, 0.5) is 4.79 Å². The zero-order valence-corrected chi connectivity index (χ0v) is 15.4. The lowest BCUT2D eigenvalue weighted by Crippen LogP contribution is -2.41. The minimum absolute atomic E-state index is 0.260. The number of piperidine rings is 1. The Balaban J connectivity index is 1.71. The first-order valence-electron chi connectivity index (χ1n) is 8.84. The number of amides is 1. The van der Waals surface area contributed by atoms with E-state index < -0.39 is 11.6 Å². The summed E-state index contributed by atoms with van der Waals surface area (Å²) < 4.78 is 5.43. The van der Waals surface area contributed by atoms with E-state index in [1.807, 2.05) is 33.0 Å². The van der Waals surface area contributed by atoms with Crippen molar-refractivity contribution in [3.8, 4) is 0 Å². The fraction of sp³-hybridized carbons (Fsp3) is 0.450. The number of rotatable bonds is 2. The fourth-order valence-electron chi connectivity index (χ4n) is 3.23. The second-order valence-electron chi connectivity index (χ2n) is 7.72. The van der Waals surface area contributed by atoms with E-state index >= 15 is 0 Å².